The Morgan fingerprint density at radius 2 is 1.80 bits per heavy atom. The largest absolute Gasteiger partial charge is 0.385 e. The van der Waals surface area contributed by atoms with Gasteiger partial charge in [-0.2, -0.15) is 0 Å². The summed E-state index contributed by atoms with van der Waals surface area (Å²) in [6.07, 6.45) is 10.2. The highest BCUT2D eigenvalue weighted by Gasteiger charge is 2.21. The Balaban J connectivity index is 2.09. The number of methoxy groups -OCH3 is 1. The van der Waals surface area contributed by atoms with Crippen LogP contribution in [0.5, 0.6) is 0 Å². The molecular formula is C20H41N3O2. The van der Waals surface area contributed by atoms with Crippen LogP contribution in [0.1, 0.15) is 65.2 Å². The maximum atomic E-state index is 5.93. The topological polar surface area (TPSA) is 46.1 Å². The molecule has 0 bridgehead atoms. The molecule has 0 aromatic rings. The van der Waals surface area contributed by atoms with Crippen LogP contribution < -0.4 is 5.32 Å². The molecule has 25 heavy (non-hydrogen) atoms. The van der Waals surface area contributed by atoms with Gasteiger partial charge in [0.25, 0.3) is 0 Å². The Labute approximate surface area is 155 Å². The highest BCUT2D eigenvalue weighted by atomic mass is 16.5. The second kappa shape index (κ2) is 14.4. The van der Waals surface area contributed by atoms with Crippen molar-refractivity contribution in [3.05, 3.63) is 0 Å². The molecule has 0 spiro atoms. The van der Waals surface area contributed by atoms with E-state index in [9.17, 15) is 0 Å². The van der Waals surface area contributed by atoms with Crippen molar-refractivity contribution < 1.29 is 9.47 Å². The number of ether oxygens (including phenoxy) is 2. The zero-order valence-corrected chi connectivity index (χ0v) is 17.1. The molecule has 0 aliphatic carbocycles. The first-order valence-electron chi connectivity index (χ1n) is 10.2. The molecule has 0 amide bonds. The number of guanidine groups is 1. The van der Waals surface area contributed by atoms with Gasteiger partial charge >= 0.3 is 0 Å². The fourth-order valence-electron chi connectivity index (χ4n) is 3.25. The van der Waals surface area contributed by atoms with Gasteiger partial charge in [0.2, 0.25) is 0 Å². The minimum absolute atomic E-state index is 0.396. The number of likely N-dealkylation sites (tertiary alicyclic amines) is 1. The summed E-state index contributed by atoms with van der Waals surface area (Å²) in [5, 5.41) is 3.53. The summed E-state index contributed by atoms with van der Waals surface area (Å²) in [5.41, 5.74) is 0. The molecule has 0 saturated carbocycles. The van der Waals surface area contributed by atoms with Gasteiger partial charge < -0.3 is 19.7 Å². The molecule has 1 aliphatic rings. The third kappa shape index (κ3) is 10.7. The summed E-state index contributed by atoms with van der Waals surface area (Å²) in [5.74, 6) is 1.89. The quantitative estimate of drug-likeness (QED) is 0.329. The minimum Gasteiger partial charge on any atom is -0.385 e. The van der Waals surface area contributed by atoms with E-state index in [1.807, 2.05) is 7.05 Å². The molecule has 1 N–H and O–H groups in total. The fraction of sp³-hybridized carbons (Fsp3) is 0.950. The zero-order valence-electron chi connectivity index (χ0n) is 17.1. The van der Waals surface area contributed by atoms with Gasteiger partial charge in [0.15, 0.2) is 5.96 Å². The van der Waals surface area contributed by atoms with Crippen LogP contribution in [0.4, 0.5) is 0 Å². The molecular weight excluding hydrogens is 314 g/mol. The Hall–Kier alpha value is -0.810. The Morgan fingerprint density at radius 1 is 1.08 bits per heavy atom. The van der Waals surface area contributed by atoms with Gasteiger partial charge in [-0.3, -0.25) is 4.99 Å². The van der Waals surface area contributed by atoms with Crippen molar-refractivity contribution in [2.45, 2.75) is 71.3 Å². The Bertz CT molecular complexity index is 340. The number of piperidine rings is 1. The van der Waals surface area contributed by atoms with E-state index in [-0.39, 0.29) is 0 Å². The van der Waals surface area contributed by atoms with Gasteiger partial charge in [-0.05, 0) is 31.6 Å². The molecule has 0 atom stereocenters. The van der Waals surface area contributed by atoms with Crippen molar-refractivity contribution in [2.75, 3.05) is 47.0 Å². The van der Waals surface area contributed by atoms with Gasteiger partial charge in [-0.1, -0.05) is 39.5 Å². The van der Waals surface area contributed by atoms with E-state index >= 15 is 0 Å². The summed E-state index contributed by atoms with van der Waals surface area (Å²) >= 11 is 0. The molecule has 1 heterocycles. The minimum atomic E-state index is 0.396. The van der Waals surface area contributed by atoms with Crippen molar-refractivity contribution >= 4 is 5.96 Å². The van der Waals surface area contributed by atoms with E-state index in [1.54, 1.807) is 7.11 Å². The molecule has 5 heteroatoms. The maximum Gasteiger partial charge on any atom is 0.193 e. The van der Waals surface area contributed by atoms with Crippen molar-refractivity contribution in [2.24, 2.45) is 10.9 Å². The van der Waals surface area contributed by atoms with Crippen LogP contribution >= 0.6 is 0 Å². The lowest BCUT2D eigenvalue weighted by atomic mass is 10.0. The first-order valence-corrected chi connectivity index (χ1v) is 10.2. The lowest BCUT2D eigenvalue weighted by Crippen LogP contribution is -2.47. The van der Waals surface area contributed by atoms with Gasteiger partial charge in [0.05, 0.1) is 6.10 Å². The van der Waals surface area contributed by atoms with Crippen molar-refractivity contribution in [1.82, 2.24) is 10.2 Å². The van der Waals surface area contributed by atoms with E-state index in [0.29, 0.717) is 6.10 Å². The summed E-state index contributed by atoms with van der Waals surface area (Å²) in [4.78, 5) is 6.82. The predicted molar refractivity (Wildman–Crippen MR) is 106 cm³/mol. The maximum absolute atomic E-state index is 5.93. The smallest absolute Gasteiger partial charge is 0.193 e. The lowest BCUT2D eigenvalue weighted by Gasteiger charge is -2.34. The number of unbranched alkanes of at least 4 members (excludes halogenated alkanes) is 3. The number of rotatable bonds is 12. The SMILES string of the molecule is CN=C(NCCCCCCC(C)C)N1CCC(OCCCOC)CC1. The van der Waals surface area contributed by atoms with E-state index < -0.39 is 0 Å². The third-order valence-electron chi connectivity index (χ3n) is 4.79. The van der Waals surface area contributed by atoms with Gasteiger partial charge in [0, 0.05) is 47.0 Å². The van der Waals surface area contributed by atoms with E-state index in [1.165, 1.54) is 32.1 Å². The molecule has 5 nitrogen and oxygen atoms in total. The standard InChI is InChI=1S/C20H41N3O2/c1-18(2)10-7-5-6-8-13-22-20(21-3)23-14-11-19(12-15-23)25-17-9-16-24-4/h18-19H,5-17H2,1-4H3,(H,21,22). The number of hydrogen-bond donors (Lipinski definition) is 1. The normalized spacial score (nSPS) is 16.7. The van der Waals surface area contributed by atoms with Crippen LogP contribution in [0.25, 0.3) is 0 Å². The molecule has 1 rings (SSSR count). The molecule has 1 aliphatic heterocycles. The van der Waals surface area contributed by atoms with E-state index in [0.717, 1.165) is 64.0 Å². The summed E-state index contributed by atoms with van der Waals surface area (Å²) in [7, 11) is 3.63. The predicted octanol–water partition coefficient (Wildman–Crippen LogP) is 3.69. The van der Waals surface area contributed by atoms with Crippen LogP contribution in [-0.4, -0.2) is 64.0 Å². The van der Waals surface area contributed by atoms with E-state index in [2.05, 4.69) is 29.1 Å². The molecule has 1 fully saturated rings. The first kappa shape index (κ1) is 22.2. The fourth-order valence-corrected chi connectivity index (χ4v) is 3.25. The number of nitrogens with zero attached hydrogens (tertiary/aromatic N) is 2. The Morgan fingerprint density at radius 3 is 2.44 bits per heavy atom. The van der Waals surface area contributed by atoms with Crippen molar-refractivity contribution in [1.29, 1.82) is 0 Å². The molecule has 0 aromatic carbocycles. The van der Waals surface area contributed by atoms with Crippen molar-refractivity contribution in [3.8, 4) is 0 Å². The number of hydrogen-bond acceptors (Lipinski definition) is 3. The van der Waals surface area contributed by atoms with Gasteiger partial charge in [-0.25, -0.2) is 0 Å². The first-order chi connectivity index (χ1) is 12.2. The van der Waals surface area contributed by atoms with Gasteiger partial charge in [-0.15, -0.1) is 0 Å². The van der Waals surface area contributed by atoms with Crippen molar-refractivity contribution in [3.63, 3.8) is 0 Å². The average Bonchev–Trinajstić information content (AvgIpc) is 2.62. The van der Waals surface area contributed by atoms with Crippen LogP contribution in [0.2, 0.25) is 0 Å². The summed E-state index contributed by atoms with van der Waals surface area (Å²) in [6, 6.07) is 0. The average molecular weight is 356 g/mol. The lowest BCUT2D eigenvalue weighted by molar-refractivity contribution is 0.00991. The Kier molecular flexibility index (Phi) is 12.8. The summed E-state index contributed by atoms with van der Waals surface area (Å²) in [6.45, 7) is 9.29. The third-order valence-corrected chi connectivity index (χ3v) is 4.79. The van der Waals surface area contributed by atoms with Crippen LogP contribution in [0.3, 0.4) is 0 Å². The highest BCUT2D eigenvalue weighted by Crippen LogP contribution is 2.14. The molecule has 0 unspecified atom stereocenters. The molecule has 148 valence electrons. The highest BCUT2D eigenvalue weighted by molar-refractivity contribution is 5.79. The second-order valence-electron chi connectivity index (χ2n) is 7.47. The van der Waals surface area contributed by atoms with Crippen LogP contribution in [-0.2, 0) is 9.47 Å². The van der Waals surface area contributed by atoms with Crippen LogP contribution in [0.15, 0.2) is 4.99 Å². The van der Waals surface area contributed by atoms with Crippen LogP contribution in [0, 0.1) is 5.92 Å². The molecule has 0 aromatic heterocycles. The van der Waals surface area contributed by atoms with Gasteiger partial charge in [0.1, 0.15) is 0 Å². The number of nitrogens with one attached hydrogen (secondary N) is 1. The molecule has 0 radical (unpaired) electrons. The monoisotopic (exact) mass is 355 g/mol. The summed E-state index contributed by atoms with van der Waals surface area (Å²) < 4.78 is 11.0. The zero-order chi connectivity index (χ0) is 18.3. The second-order valence-corrected chi connectivity index (χ2v) is 7.47. The van der Waals surface area contributed by atoms with E-state index in [4.69, 9.17) is 9.47 Å². The number of aliphatic imine (C=N–C) groups is 1. The molecule has 1 saturated heterocycles.